The second kappa shape index (κ2) is 18.0. The van der Waals surface area contributed by atoms with Gasteiger partial charge in [-0.25, -0.2) is 14.6 Å². The number of likely N-dealkylation sites (tertiary alicyclic amines) is 2. The molecule has 3 heterocycles. The van der Waals surface area contributed by atoms with Crippen molar-refractivity contribution in [3.8, 4) is 23.7 Å². The predicted octanol–water partition coefficient (Wildman–Crippen LogP) is 2.73. The van der Waals surface area contributed by atoms with Crippen molar-refractivity contribution in [2.75, 3.05) is 27.3 Å². The Balaban J connectivity index is 1.68. The Kier molecular flexibility index (Phi) is 14.1. The lowest BCUT2D eigenvalue weighted by Crippen LogP contribution is -2.54. The van der Waals surface area contributed by atoms with Gasteiger partial charge in [0.1, 0.15) is 29.4 Å². The number of imidazole rings is 1. The highest BCUT2D eigenvalue weighted by Crippen LogP contribution is 2.31. The number of aliphatic imine (C=N–C) groups is 1. The molecule has 2 aliphatic heterocycles. The summed E-state index contributed by atoms with van der Waals surface area (Å²) in [6.45, 7) is 14.3. The zero-order chi connectivity index (χ0) is 36.2. The van der Waals surface area contributed by atoms with Gasteiger partial charge >= 0.3 is 12.2 Å². The summed E-state index contributed by atoms with van der Waals surface area (Å²) in [7, 11) is 2.52. The summed E-state index contributed by atoms with van der Waals surface area (Å²) in [5.74, 6) is 11.7. The molecule has 3 rings (SSSR count). The van der Waals surface area contributed by atoms with Gasteiger partial charge in [-0.1, -0.05) is 39.7 Å². The SMILES string of the molecule is C=C[C@H](C#CC#Cc1cnc([C@H]2CCCN2C(=O)[C@H](NC(=O)OC)C(C)C)[nH]1)C(C)N=C(N)[C@H]1CCCN1C(=O)[C@H](NC(=O)OC)C(C)C. The van der Waals surface area contributed by atoms with Crippen molar-refractivity contribution in [2.24, 2.45) is 28.5 Å². The topological polar surface area (TPSA) is 184 Å². The molecular weight excluding hydrogens is 628 g/mol. The molecule has 2 saturated heterocycles. The van der Waals surface area contributed by atoms with E-state index in [1.807, 2.05) is 34.6 Å². The van der Waals surface area contributed by atoms with Crippen LogP contribution in [0.3, 0.4) is 0 Å². The van der Waals surface area contributed by atoms with Gasteiger partial charge in [0.15, 0.2) is 0 Å². The first kappa shape index (κ1) is 38.5. The Labute approximate surface area is 289 Å². The highest BCUT2D eigenvalue weighted by Gasteiger charge is 2.38. The van der Waals surface area contributed by atoms with Crippen molar-refractivity contribution < 1.29 is 28.7 Å². The summed E-state index contributed by atoms with van der Waals surface area (Å²) in [6.07, 6.45) is 4.93. The number of nitrogens with one attached hydrogen (secondary N) is 3. The number of carbonyl (C=O) groups is 4. The third kappa shape index (κ3) is 10.0. The maximum atomic E-state index is 13.4. The number of nitrogens with two attached hydrogens (primary N) is 1. The zero-order valence-electron chi connectivity index (χ0n) is 29.5. The number of aromatic amines is 1. The molecule has 5 N–H and O–H groups in total. The van der Waals surface area contributed by atoms with Crippen LogP contribution in [-0.2, 0) is 19.1 Å². The van der Waals surface area contributed by atoms with Crippen LogP contribution >= 0.6 is 0 Å². The van der Waals surface area contributed by atoms with E-state index in [1.165, 1.54) is 14.2 Å². The smallest absolute Gasteiger partial charge is 0.407 e. The van der Waals surface area contributed by atoms with Crippen LogP contribution in [0.1, 0.15) is 77.9 Å². The van der Waals surface area contributed by atoms with Crippen LogP contribution in [0.15, 0.2) is 23.8 Å². The van der Waals surface area contributed by atoms with Crippen molar-refractivity contribution in [3.63, 3.8) is 0 Å². The Morgan fingerprint density at radius 3 is 2.12 bits per heavy atom. The Bertz CT molecular complexity index is 1510. The molecule has 0 aliphatic carbocycles. The van der Waals surface area contributed by atoms with Gasteiger partial charge in [-0.15, -0.1) is 6.58 Å². The van der Waals surface area contributed by atoms with Crippen LogP contribution in [0.5, 0.6) is 0 Å². The quantitative estimate of drug-likeness (QED) is 0.119. The molecule has 14 heteroatoms. The Hall–Kier alpha value is -4.98. The molecule has 14 nitrogen and oxygen atoms in total. The summed E-state index contributed by atoms with van der Waals surface area (Å²) < 4.78 is 9.41. The number of alkyl carbamates (subject to hydrolysis) is 2. The van der Waals surface area contributed by atoms with Crippen molar-refractivity contribution in [1.29, 1.82) is 0 Å². The highest BCUT2D eigenvalue weighted by molar-refractivity contribution is 5.93. The summed E-state index contributed by atoms with van der Waals surface area (Å²) in [4.78, 5) is 66.2. The lowest BCUT2D eigenvalue weighted by atomic mass is 10.0. The van der Waals surface area contributed by atoms with E-state index >= 15 is 0 Å². The lowest BCUT2D eigenvalue weighted by molar-refractivity contribution is -0.135. The van der Waals surface area contributed by atoms with Crippen molar-refractivity contribution in [1.82, 2.24) is 30.4 Å². The molecule has 0 saturated carbocycles. The number of rotatable bonds is 11. The summed E-state index contributed by atoms with van der Waals surface area (Å²) in [6, 6.07) is -2.48. The summed E-state index contributed by atoms with van der Waals surface area (Å²) in [5.41, 5.74) is 7.00. The van der Waals surface area contributed by atoms with Gasteiger partial charge in [0.25, 0.3) is 0 Å². The molecule has 266 valence electrons. The maximum absolute atomic E-state index is 13.4. The molecule has 49 heavy (non-hydrogen) atoms. The molecule has 4 amide bonds. The van der Waals surface area contributed by atoms with E-state index in [-0.39, 0.29) is 41.7 Å². The number of methoxy groups -OCH3 is 2. The fourth-order valence-electron chi connectivity index (χ4n) is 5.97. The second-order valence-corrected chi connectivity index (χ2v) is 12.9. The zero-order valence-corrected chi connectivity index (χ0v) is 29.5. The van der Waals surface area contributed by atoms with E-state index in [4.69, 9.17) is 15.2 Å². The van der Waals surface area contributed by atoms with Crippen molar-refractivity contribution in [2.45, 2.75) is 90.5 Å². The van der Waals surface area contributed by atoms with Crippen molar-refractivity contribution >= 4 is 29.8 Å². The van der Waals surface area contributed by atoms with Gasteiger partial charge in [-0.2, -0.15) is 0 Å². The van der Waals surface area contributed by atoms with Crippen LogP contribution in [-0.4, -0.2) is 101 Å². The first-order valence-corrected chi connectivity index (χ1v) is 16.6. The first-order chi connectivity index (χ1) is 23.3. The minimum absolute atomic E-state index is 0.130. The number of amidine groups is 1. The molecule has 0 radical (unpaired) electrons. The highest BCUT2D eigenvalue weighted by atomic mass is 16.5. The average Bonchev–Trinajstić information content (AvgIpc) is 3.86. The summed E-state index contributed by atoms with van der Waals surface area (Å²) in [5, 5.41) is 5.28. The maximum Gasteiger partial charge on any atom is 0.407 e. The van der Waals surface area contributed by atoms with E-state index in [1.54, 1.807) is 22.1 Å². The average molecular weight is 679 g/mol. The van der Waals surface area contributed by atoms with Crippen LogP contribution in [0.2, 0.25) is 0 Å². The van der Waals surface area contributed by atoms with Crippen LogP contribution in [0, 0.1) is 41.4 Å². The van der Waals surface area contributed by atoms with Crippen LogP contribution in [0.4, 0.5) is 9.59 Å². The molecule has 2 aliphatic rings. The van der Waals surface area contributed by atoms with Gasteiger partial charge in [0.05, 0.1) is 44.5 Å². The van der Waals surface area contributed by atoms with E-state index in [9.17, 15) is 19.2 Å². The van der Waals surface area contributed by atoms with Gasteiger partial charge in [-0.05, 0) is 62.2 Å². The predicted molar refractivity (Wildman–Crippen MR) is 185 cm³/mol. The molecule has 6 atom stereocenters. The number of nitrogens with zero attached hydrogens (tertiary/aromatic N) is 4. The van der Waals surface area contributed by atoms with Gasteiger partial charge < -0.3 is 40.6 Å². The minimum atomic E-state index is -0.748. The molecule has 0 bridgehead atoms. The molecule has 0 aromatic carbocycles. The van der Waals surface area contributed by atoms with E-state index in [2.05, 4.69) is 55.9 Å². The van der Waals surface area contributed by atoms with Gasteiger partial charge in [0, 0.05) is 13.1 Å². The fraction of sp³-hybridized carbons (Fsp3) is 0.600. The normalized spacial score (nSPS) is 19.9. The molecule has 0 spiro atoms. The molecule has 1 aromatic heterocycles. The molecular formula is C35H50N8O6. The molecule has 2 fully saturated rings. The minimum Gasteiger partial charge on any atom is -0.453 e. The van der Waals surface area contributed by atoms with E-state index in [0.29, 0.717) is 36.9 Å². The van der Waals surface area contributed by atoms with Crippen molar-refractivity contribution in [3.05, 3.63) is 30.4 Å². The number of ether oxygens (including phenoxy) is 2. The fourth-order valence-corrected chi connectivity index (χ4v) is 5.97. The van der Waals surface area contributed by atoms with Crippen LogP contribution in [0.25, 0.3) is 0 Å². The van der Waals surface area contributed by atoms with E-state index in [0.717, 1.165) is 19.3 Å². The third-order valence-corrected chi connectivity index (χ3v) is 8.73. The number of aromatic nitrogens is 2. The second-order valence-electron chi connectivity index (χ2n) is 12.9. The lowest BCUT2D eigenvalue weighted by Gasteiger charge is -2.30. The number of amides is 4. The number of hydrogen-bond donors (Lipinski definition) is 4. The molecule has 1 aromatic rings. The number of H-pyrrole nitrogens is 1. The summed E-state index contributed by atoms with van der Waals surface area (Å²) >= 11 is 0. The number of carbonyl (C=O) groups excluding carboxylic acids is 4. The van der Waals surface area contributed by atoms with Gasteiger partial charge in [0.2, 0.25) is 11.8 Å². The third-order valence-electron chi connectivity index (χ3n) is 8.73. The number of hydrogen-bond acceptors (Lipinski definition) is 8. The monoisotopic (exact) mass is 678 g/mol. The van der Waals surface area contributed by atoms with E-state index < -0.39 is 30.3 Å². The standard InChI is InChI=1S/C35H50N8O6/c1-9-24(23(6)38-30(36)26-16-12-18-42(26)32(44)28(21(2)3)40-34(46)48-7)14-10-11-15-25-20-37-31(39-25)27-17-13-19-43(27)33(45)29(22(4)5)41-35(47)49-8/h9,20-24,26-29H,1,12-13,16-19H2,2-8H3,(H2,36,38)(H,37,39)(H,40,46)(H,41,47)/t23?,24-,26-,27-,28-,29-/m1/s1. The van der Waals surface area contributed by atoms with Crippen LogP contribution < -0.4 is 16.4 Å². The largest absolute Gasteiger partial charge is 0.453 e. The Morgan fingerprint density at radius 1 is 0.980 bits per heavy atom. The first-order valence-electron chi connectivity index (χ1n) is 16.6. The molecule has 1 unspecified atom stereocenters. The van der Waals surface area contributed by atoms with Gasteiger partial charge in [-0.3, -0.25) is 14.6 Å². The Morgan fingerprint density at radius 2 is 1.55 bits per heavy atom.